The molecule has 2 aromatic carbocycles. The third kappa shape index (κ3) is 3.33. The van der Waals surface area contributed by atoms with Crippen LogP contribution >= 0.6 is 0 Å². The van der Waals surface area contributed by atoms with Gasteiger partial charge in [-0.1, -0.05) is 36.4 Å². The van der Waals surface area contributed by atoms with Crippen molar-refractivity contribution in [2.24, 2.45) is 0 Å². The number of ether oxygens (including phenoxy) is 1. The van der Waals surface area contributed by atoms with Crippen LogP contribution in [0.4, 0.5) is 17.3 Å². The van der Waals surface area contributed by atoms with E-state index >= 15 is 0 Å². The predicted molar refractivity (Wildman–Crippen MR) is 116 cm³/mol. The number of rotatable bonds is 4. The zero-order valence-corrected chi connectivity index (χ0v) is 16.0. The zero-order valence-electron chi connectivity index (χ0n) is 16.0. The van der Waals surface area contributed by atoms with Crippen LogP contribution in [0.15, 0.2) is 103 Å². The van der Waals surface area contributed by atoms with Crippen molar-refractivity contribution in [1.29, 1.82) is 0 Å². The molecule has 0 aliphatic carbocycles. The van der Waals surface area contributed by atoms with Crippen molar-refractivity contribution in [2.75, 3.05) is 4.90 Å². The molecular weight excluding hydrogens is 374 g/mol. The van der Waals surface area contributed by atoms with Crippen LogP contribution in [-0.4, -0.2) is 15.8 Å². The van der Waals surface area contributed by atoms with E-state index in [9.17, 15) is 4.79 Å². The Morgan fingerprint density at radius 1 is 0.733 bits per heavy atom. The van der Waals surface area contributed by atoms with Crippen molar-refractivity contribution >= 4 is 29.2 Å². The molecule has 144 valence electrons. The molecule has 0 spiro atoms. The molecule has 4 aromatic rings. The molecular formula is C25H17N3O2. The van der Waals surface area contributed by atoms with Gasteiger partial charge in [0.1, 0.15) is 17.4 Å². The van der Waals surface area contributed by atoms with Crippen molar-refractivity contribution in [2.45, 2.75) is 0 Å². The Balaban J connectivity index is 1.47. The van der Waals surface area contributed by atoms with Gasteiger partial charge in [0.15, 0.2) is 5.76 Å². The molecule has 0 saturated carbocycles. The van der Waals surface area contributed by atoms with Gasteiger partial charge in [-0.3, -0.25) is 9.69 Å². The maximum atomic E-state index is 12.5. The van der Waals surface area contributed by atoms with Crippen molar-refractivity contribution in [3.05, 3.63) is 114 Å². The molecule has 2 aromatic heterocycles. The van der Waals surface area contributed by atoms with Crippen LogP contribution in [0.3, 0.4) is 0 Å². The first-order valence-electron chi connectivity index (χ1n) is 9.55. The number of hydrogen-bond acceptors (Lipinski definition) is 5. The maximum Gasteiger partial charge on any atom is 0.231 e. The number of aromatic nitrogens is 2. The van der Waals surface area contributed by atoms with Crippen molar-refractivity contribution in [1.82, 2.24) is 9.97 Å². The third-order valence-corrected chi connectivity index (χ3v) is 4.78. The Morgan fingerprint density at radius 2 is 1.37 bits per heavy atom. The van der Waals surface area contributed by atoms with Gasteiger partial charge in [-0.25, -0.2) is 9.97 Å². The SMILES string of the molecule is O=C1/C(=C/c2ccc(N(c3ccccn3)c3ccccn3)cc2)Oc2ccccc21. The summed E-state index contributed by atoms with van der Waals surface area (Å²) in [6.45, 7) is 0. The lowest BCUT2D eigenvalue weighted by molar-refractivity contribution is 0.101. The molecule has 30 heavy (non-hydrogen) atoms. The minimum Gasteiger partial charge on any atom is -0.452 e. The minimum absolute atomic E-state index is 0.0988. The van der Waals surface area contributed by atoms with E-state index in [0.29, 0.717) is 17.1 Å². The number of hydrogen-bond donors (Lipinski definition) is 0. The van der Waals surface area contributed by atoms with Crippen LogP contribution in [0.1, 0.15) is 15.9 Å². The van der Waals surface area contributed by atoms with Crippen LogP contribution in [0.25, 0.3) is 6.08 Å². The van der Waals surface area contributed by atoms with E-state index in [1.165, 1.54) is 0 Å². The summed E-state index contributed by atoms with van der Waals surface area (Å²) in [5.74, 6) is 2.37. The lowest BCUT2D eigenvalue weighted by Gasteiger charge is -2.22. The molecule has 1 aliphatic heterocycles. The fourth-order valence-electron chi connectivity index (χ4n) is 3.36. The molecule has 0 radical (unpaired) electrons. The third-order valence-electron chi connectivity index (χ3n) is 4.78. The number of benzene rings is 2. The zero-order chi connectivity index (χ0) is 20.3. The Morgan fingerprint density at radius 3 is 1.97 bits per heavy atom. The van der Waals surface area contributed by atoms with E-state index in [0.717, 1.165) is 22.9 Å². The van der Waals surface area contributed by atoms with Crippen LogP contribution < -0.4 is 9.64 Å². The van der Waals surface area contributed by atoms with Gasteiger partial charge in [0.2, 0.25) is 5.78 Å². The largest absolute Gasteiger partial charge is 0.452 e. The number of anilines is 3. The Labute approximate surface area is 173 Å². The topological polar surface area (TPSA) is 55.3 Å². The molecule has 0 amide bonds. The second kappa shape index (κ2) is 7.64. The number of fused-ring (bicyclic) bond motifs is 1. The van der Waals surface area contributed by atoms with Gasteiger partial charge in [0, 0.05) is 18.1 Å². The molecule has 5 heteroatoms. The van der Waals surface area contributed by atoms with Gasteiger partial charge in [-0.15, -0.1) is 0 Å². The maximum absolute atomic E-state index is 12.5. The molecule has 5 nitrogen and oxygen atoms in total. The second-order valence-electron chi connectivity index (χ2n) is 6.74. The van der Waals surface area contributed by atoms with Gasteiger partial charge in [-0.2, -0.15) is 0 Å². The Hall–Kier alpha value is -4.25. The first-order valence-corrected chi connectivity index (χ1v) is 9.55. The molecule has 1 aliphatic rings. The van der Waals surface area contributed by atoms with E-state index < -0.39 is 0 Å². The van der Waals surface area contributed by atoms with Gasteiger partial charge in [-0.05, 0) is 60.2 Å². The predicted octanol–water partition coefficient (Wildman–Crippen LogP) is 5.56. The number of Topliss-reactive ketones (excluding diaryl/α,β-unsaturated/α-hetero) is 1. The lowest BCUT2D eigenvalue weighted by atomic mass is 10.1. The first kappa shape index (κ1) is 17.8. The summed E-state index contributed by atoms with van der Waals surface area (Å²) >= 11 is 0. The molecule has 5 rings (SSSR count). The molecule has 0 fully saturated rings. The summed E-state index contributed by atoms with van der Waals surface area (Å²) in [5, 5.41) is 0. The highest BCUT2D eigenvalue weighted by atomic mass is 16.5. The van der Waals surface area contributed by atoms with Crippen LogP contribution in [0.5, 0.6) is 5.75 Å². The average Bonchev–Trinajstić information content (AvgIpc) is 3.12. The van der Waals surface area contributed by atoms with Crippen molar-refractivity contribution < 1.29 is 9.53 Å². The van der Waals surface area contributed by atoms with Gasteiger partial charge >= 0.3 is 0 Å². The summed E-state index contributed by atoms with van der Waals surface area (Å²) in [6, 6.07) is 26.6. The summed E-state index contributed by atoms with van der Waals surface area (Å²) in [7, 11) is 0. The van der Waals surface area contributed by atoms with Gasteiger partial charge < -0.3 is 4.74 Å². The fourth-order valence-corrected chi connectivity index (χ4v) is 3.36. The van der Waals surface area contributed by atoms with Gasteiger partial charge in [0.25, 0.3) is 0 Å². The standard InChI is InChI=1S/C25H17N3O2/c29-25-20-7-1-2-8-21(20)30-22(25)17-18-11-13-19(14-12-18)28(23-9-3-5-15-26-23)24-10-4-6-16-27-24/h1-17H/b22-17-. The molecule has 0 N–H and O–H groups in total. The number of para-hydroxylation sites is 1. The number of nitrogens with zero attached hydrogens (tertiary/aromatic N) is 3. The summed E-state index contributed by atoms with van der Waals surface area (Å²) in [6.07, 6.45) is 5.27. The van der Waals surface area contributed by atoms with E-state index in [1.54, 1.807) is 30.6 Å². The smallest absolute Gasteiger partial charge is 0.231 e. The lowest BCUT2D eigenvalue weighted by Crippen LogP contribution is -2.12. The highest BCUT2D eigenvalue weighted by Gasteiger charge is 2.26. The minimum atomic E-state index is -0.0988. The number of allylic oxidation sites excluding steroid dienone is 1. The molecule has 3 heterocycles. The quantitative estimate of drug-likeness (QED) is 0.426. The van der Waals surface area contributed by atoms with Crippen LogP contribution in [0.2, 0.25) is 0 Å². The molecule has 0 saturated heterocycles. The number of carbonyl (C=O) groups is 1. The van der Waals surface area contributed by atoms with E-state index in [1.807, 2.05) is 77.7 Å². The van der Waals surface area contributed by atoms with Crippen molar-refractivity contribution in [3.63, 3.8) is 0 Å². The normalized spacial score (nSPS) is 13.7. The fraction of sp³-hybridized carbons (Fsp3) is 0. The van der Waals surface area contributed by atoms with Gasteiger partial charge in [0.05, 0.1) is 5.56 Å². The number of carbonyl (C=O) groups excluding carboxylic acids is 1. The molecule has 0 bridgehead atoms. The summed E-state index contributed by atoms with van der Waals surface area (Å²) in [5.41, 5.74) is 2.38. The first-order chi connectivity index (χ1) is 14.8. The van der Waals surface area contributed by atoms with Crippen molar-refractivity contribution in [3.8, 4) is 5.75 Å². The Bertz CT molecular complexity index is 1180. The van der Waals surface area contributed by atoms with E-state index in [4.69, 9.17) is 4.74 Å². The summed E-state index contributed by atoms with van der Waals surface area (Å²) < 4.78 is 5.72. The average molecular weight is 391 g/mol. The van der Waals surface area contributed by atoms with E-state index in [2.05, 4.69) is 9.97 Å². The highest BCUT2D eigenvalue weighted by Crippen LogP contribution is 2.33. The molecule has 0 atom stereocenters. The molecule has 0 unspecified atom stereocenters. The van der Waals surface area contributed by atoms with E-state index in [-0.39, 0.29) is 5.78 Å². The summed E-state index contributed by atoms with van der Waals surface area (Å²) in [4.78, 5) is 23.5. The van der Waals surface area contributed by atoms with Crippen LogP contribution in [-0.2, 0) is 0 Å². The highest BCUT2D eigenvalue weighted by molar-refractivity contribution is 6.14. The second-order valence-corrected chi connectivity index (χ2v) is 6.74. The Kier molecular flexibility index (Phi) is 4.54. The monoisotopic (exact) mass is 391 g/mol. The number of pyridine rings is 2. The number of ketones is 1. The van der Waals surface area contributed by atoms with Crippen LogP contribution in [0, 0.1) is 0 Å².